The molecule has 0 aliphatic carbocycles. The molecule has 2 rings (SSSR count). The number of morpholine rings is 1. The number of hydrogen-bond donors (Lipinski definition) is 0. The zero-order chi connectivity index (χ0) is 12.8. The van der Waals surface area contributed by atoms with Crippen molar-refractivity contribution in [3.8, 4) is 0 Å². The molecule has 98 valence electrons. The second kappa shape index (κ2) is 6.40. The SMILES string of the molecule is CCCC=Cc1ccc(C(=O)N2CCOCC2)o1. The molecule has 18 heavy (non-hydrogen) atoms. The summed E-state index contributed by atoms with van der Waals surface area (Å²) >= 11 is 0. The first-order chi connectivity index (χ1) is 8.81. The molecule has 1 aliphatic heterocycles. The lowest BCUT2D eigenvalue weighted by molar-refractivity contribution is 0.0282. The molecule has 0 N–H and O–H groups in total. The first-order valence-electron chi connectivity index (χ1n) is 6.44. The van der Waals surface area contributed by atoms with E-state index in [-0.39, 0.29) is 5.91 Å². The number of furan rings is 1. The van der Waals surface area contributed by atoms with Crippen molar-refractivity contribution < 1.29 is 13.9 Å². The Labute approximate surface area is 107 Å². The summed E-state index contributed by atoms with van der Waals surface area (Å²) in [6.07, 6.45) is 6.10. The van der Waals surface area contributed by atoms with E-state index >= 15 is 0 Å². The average molecular weight is 249 g/mol. The number of allylic oxidation sites excluding steroid dienone is 1. The van der Waals surface area contributed by atoms with Gasteiger partial charge >= 0.3 is 0 Å². The quantitative estimate of drug-likeness (QED) is 0.823. The highest BCUT2D eigenvalue weighted by molar-refractivity contribution is 5.91. The minimum absolute atomic E-state index is 0.0477. The van der Waals surface area contributed by atoms with Crippen LogP contribution in [0.3, 0.4) is 0 Å². The molecule has 1 aliphatic rings. The van der Waals surface area contributed by atoms with Crippen LogP contribution in [-0.2, 0) is 4.74 Å². The highest BCUT2D eigenvalue weighted by Crippen LogP contribution is 2.13. The molecule has 0 radical (unpaired) electrons. The molecule has 1 fully saturated rings. The Morgan fingerprint density at radius 3 is 2.89 bits per heavy atom. The highest BCUT2D eigenvalue weighted by Gasteiger charge is 2.20. The topological polar surface area (TPSA) is 42.7 Å². The lowest BCUT2D eigenvalue weighted by Crippen LogP contribution is -2.40. The zero-order valence-corrected chi connectivity index (χ0v) is 10.7. The van der Waals surface area contributed by atoms with Crippen molar-refractivity contribution in [1.82, 2.24) is 4.90 Å². The molecule has 0 bridgehead atoms. The van der Waals surface area contributed by atoms with Gasteiger partial charge in [0.1, 0.15) is 5.76 Å². The van der Waals surface area contributed by atoms with Crippen LogP contribution in [0.2, 0.25) is 0 Å². The molecular formula is C14H19NO3. The second-order valence-electron chi connectivity index (χ2n) is 4.30. The van der Waals surface area contributed by atoms with Gasteiger partial charge in [0.05, 0.1) is 13.2 Å². The third-order valence-corrected chi connectivity index (χ3v) is 2.87. The summed E-state index contributed by atoms with van der Waals surface area (Å²) in [5.74, 6) is 1.10. The maximum Gasteiger partial charge on any atom is 0.289 e. The van der Waals surface area contributed by atoms with Crippen LogP contribution >= 0.6 is 0 Å². The Kier molecular flexibility index (Phi) is 4.59. The van der Waals surface area contributed by atoms with Crippen LogP contribution in [0.15, 0.2) is 22.6 Å². The second-order valence-corrected chi connectivity index (χ2v) is 4.30. The molecule has 1 aromatic heterocycles. The number of rotatable bonds is 4. The number of hydrogen-bond acceptors (Lipinski definition) is 3. The van der Waals surface area contributed by atoms with Crippen LogP contribution in [-0.4, -0.2) is 37.1 Å². The first kappa shape index (κ1) is 12.9. The molecule has 4 nitrogen and oxygen atoms in total. The maximum atomic E-state index is 12.1. The number of nitrogens with zero attached hydrogens (tertiary/aromatic N) is 1. The highest BCUT2D eigenvalue weighted by atomic mass is 16.5. The van der Waals surface area contributed by atoms with Crippen molar-refractivity contribution in [2.75, 3.05) is 26.3 Å². The van der Waals surface area contributed by atoms with Crippen molar-refractivity contribution in [2.24, 2.45) is 0 Å². The summed E-state index contributed by atoms with van der Waals surface area (Å²) < 4.78 is 10.7. The Hall–Kier alpha value is -1.55. The zero-order valence-electron chi connectivity index (χ0n) is 10.7. The Morgan fingerprint density at radius 1 is 1.39 bits per heavy atom. The molecule has 0 unspecified atom stereocenters. The predicted octanol–water partition coefficient (Wildman–Crippen LogP) is 2.57. The normalized spacial score (nSPS) is 16.4. The third kappa shape index (κ3) is 3.23. The fraction of sp³-hybridized carbons (Fsp3) is 0.500. The third-order valence-electron chi connectivity index (χ3n) is 2.87. The van der Waals surface area contributed by atoms with Gasteiger partial charge in [0.15, 0.2) is 5.76 Å². The molecule has 4 heteroatoms. The van der Waals surface area contributed by atoms with Crippen LogP contribution in [0.1, 0.15) is 36.1 Å². The molecular weight excluding hydrogens is 230 g/mol. The van der Waals surface area contributed by atoms with Gasteiger partial charge in [0.2, 0.25) is 0 Å². The molecule has 2 heterocycles. The number of ether oxygens (including phenoxy) is 1. The van der Waals surface area contributed by atoms with Gasteiger partial charge in [0, 0.05) is 13.1 Å². The number of unbranched alkanes of at least 4 members (excludes halogenated alkanes) is 1. The van der Waals surface area contributed by atoms with E-state index < -0.39 is 0 Å². The van der Waals surface area contributed by atoms with E-state index in [0.717, 1.165) is 18.6 Å². The van der Waals surface area contributed by atoms with Crippen LogP contribution in [0.4, 0.5) is 0 Å². The number of carbonyl (C=O) groups excluding carboxylic acids is 1. The van der Waals surface area contributed by atoms with Crippen LogP contribution in [0.5, 0.6) is 0 Å². The van der Waals surface area contributed by atoms with E-state index in [1.807, 2.05) is 12.1 Å². The van der Waals surface area contributed by atoms with Crippen LogP contribution in [0, 0.1) is 0 Å². The summed E-state index contributed by atoms with van der Waals surface area (Å²) in [5.41, 5.74) is 0. The van der Waals surface area contributed by atoms with E-state index in [2.05, 4.69) is 13.0 Å². The van der Waals surface area contributed by atoms with E-state index in [1.165, 1.54) is 0 Å². The van der Waals surface area contributed by atoms with Crippen LogP contribution < -0.4 is 0 Å². The van der Waals surface area contributed by atoms with Crippen molar-refractivity contribution in [1.29, 1.82) is 0 Å². The molecule has 1 aromatic rings. The van der Waals surface area contributed by atoms with Crippen molar-refractivity contribution >= 4 is 12.0 Å². The number of amides is 1. The van der Waals surface area contributed by atoms with Gasteiger partial charge in [-0.15, -0.1) is 0 Å². The van der Waals surface area contributed by atoms with Gasteiger partial charge in [-0.25, -0.2) is 0 Å². The minimum Gasteiger partial charge on any atom is -0.452 e. The van der Waals surface area contributed by atoms with Crippen LogP contribution in [0.25, 0.3) is 6.08 Å². The maximum absolute atomic E-state index is 12.1. The molecule has 0 aromatic carbocycles. The molecule has 0 saturated carbocycles. The molecule has 1 amide bonds. The van der Waals surface area contributed by atoms with Crippen molar-refractivity contribution in [3.05, 3.63) is 29.7 Å². The van der Waals surface area contributed by atoms with Gasteiger partial charge in [-0.2, -0.15) is 0 Å². The lowest BCUT2D eigenvalue weighted by Gasteiger charge is -2.25. The average Bonchev–Trinajstić information content (AvgIpc) is 2.88. The van der Waals surface area contributed by atoms with E-state index in [4.69, 9.17) is 9.15 Å². The monoisotopic (exact) mass is 249 g/mol. The van der Waals surface area contributed by atoms with Crippen molar-refractivity contribution in [2.45, 2.75) is 19.8 Å². The number of carbonyl (C=O) groups is 1. The fourth-order valence-corrected chi connectivity index (χ4v) is 1.85. The largest absolute Gasteiger partial charge is 0.452 e. The van der Waals surface area contributed by atoms with E-state index in [9.17, 15) is 4.79 Å². The van der Waals surface area contributed by atoms with Gasteiger partial charge in [0.25, 0.3) is 5.91 Å². The van der Waals surface area contributed by atoms with E-state index in [0.29, 0.717) is 32.1 Å². The summed E-state index contributed by atoms with van der Waals surface area (Å²) in [6, 6.07) is 3.57. The Morgan fingerprint density at radius 2 is 2.17 bits per heavy atom. The Balaban J connectivity index is 1.98. The van der Waals surface area contributed by atoms with Gasteiger partial charge < -0.3 is 14.1 Å². The van der Waals surface area contributed by atoms with Gasteiger partial charge in [-0.3, -0.25) is 4.79 Å². The standard InChI is InChI=1S/C14H19NO3/c1-2-3-4-5-12-6-7-13(18-12)14(16)15-8-10-17-11-9-15/h4-7H,2-3,8-11H2,1H3. The van der Waals surface area contributed by atoms with Gasteiger partial charge in [-0.05, 0) is 24.6 Å². The lowest BCUT2D eigenvalue weighted by atomic mass is 10.3. The molecule has 0 spiro atoms. The summed E-state index contributed by atoms with van der Waals surface area (Å²) in [6.45, 7) is 4.62. The van der Waals surface area contributed by atoms with Gasteiger partial charge in [-0.1, -0.05) is 19.4 Å². The first-order valence-corrected chi connectivity index (χ1v) is 6.44. The molecule has 0 atom stereocenters. The summed E-state index contributed by atoms with van der Waals surface area (Å²) in [4.78, 5) is 13.9. The smallest absolute Gasteiger partial charge is 0.289 e. The fourth-order valence-electron chi connectivity index (χ4n) is 1.85. The minimum atomic E-state index is -0.0477. The predicted molar refractivity (Wildman–Crippen MR) is 69.4 cm³/mol. The Bertz CT molecular complexity index is 416. The summed E-state index contributed by atoms with van der Waals surface area (Å²) in [5, 5.41) is 0. The van der Waals surface area contributed by atoms with E-state index in [1.54, 1.807) is 11.0 Å². The molecule has 1 saturated heterocycles. The summed E-state index contributed by atoms with van der Waals surface area (Å²) in [7, 11) is 0. The van der Waals surface area contributed by atoms with Crippen molar-refractivity contribution in [3.63, 3.8) is 0 Å².